The standard InChI is InChI=1S/C30H27F7O/c1-2-3-18-4-6-19(7-5-18)20-8-10-21(11-9-20)22-12-13-24(25(31)14-22)23-15-26(32)29(27(33)16-23)38-30(36,37)17-28(34)35/h8-19H,2-7H2,1H3. The molecule has 3 aromatic carbocycles. The molecule has 0 amide bonds. The van der Waals surface area contributed by atoms with E-state index in [1.165, 1.54) is 43.4 Å². The highest BCUT2D eigenvalue weighted by atomic mass is 19.3. The lowest BCUT2D eigenvalue weighted by molar-refractivity contribution is -0.137. The molecule has 3 aromatic rings. The Morgan fingerprint density at radius 2 is 1.39 bits per heavy atom. The molecule has 1 aliphatic carbocycles. The lowest BCUT2D eigenvalue weighted by Crippen LogP contribution is -2.23. The summed E-state index contributed by atoms with van der Waals surface area (Å²) in [5.41, 5.74) is 2.16. The molecule has 1 fully saturated rings. The molecule has 0 saturated heterocycles. The maximum atomic E-state index is 15.0. The van der Waals surface area contributed by atoms with Crippen LogP contribution in [0.1, 0.15) is 56.9 Å². The predicted molar refractivity (Wildman–Crippen MR) is 133 cm³/mol. The fraction of sp³-hybridized carbons (Fsp3) is 0.333. The van der Waals surface area contributed by atoms with Crippen LogP contribution in [0.2, 0.25) is 0 Å². The van der Waals surface area contributed by atoms with Gasteiger partial charge in [-0.15, -0.1) is 0 Å². The van der Waals surface area contributed by atoms with Gasteiger partial charge in [-0.3, -0.25) is 0 Å². The number of benzene rings is 3. The summed E-state index contributed by atoms with van der Waals surface area (Å²) < 4.78 is 98.6. The van der Waals surface area contributed by atoms with Gasteiger partial charge in [0.05, 0.1) is 6.08 Å². The number of alkyl halides is 2. The van der Waals surface area contributed by atoms with E-state index in [1.807, 2.05) is 12.1 Å². The Kier molecular flexibility index (Phi) is 8.48. The van der Waals surface area contributed by atoms with Gasteiger partial charge in [0.25, 0.3) is 6.08 Å². The second-order valence-electron chi connectivity index (χ2n) is 9.69. The minimum Gasteiger partial charge on any atom is -0.423 e. The molecule has 0 aliphatic heterocycles. The molecule has 0 radical (unpaired) electrons. The van der Waals surface area contributed by atoms with Crippen LogP contribution in [0.5, 0.6) is 5.75 Å². The fourth-order valence-corrected chi connectivity index (χ4v) is 5.17. The van der Waals surface area contributed by atoms with Crippen LogP contribution in [-0.2, 0) is 0 Å². The van der Waals surface area contributed by atoms with E-state index in [1.54, 1.807) is 6.07 Å². The molecule has 0 spiro atoms. The van der Waals surface area contributed by atoms with Crippen LogP contribution in [0, 0.1) is 23.4 Å². The summed E-state index contributed by atoms with van der Waals surface area (Å²) >= 11 is 0. The molecule has 0 heterocycles. The molecule has 1 aliphatic rings. The van der Waals surface area contributed by atoms with Crippen molar-refractivity contribution in [2.24, 2.45) is 5.92 Å². The number of hydrogen-bond donors (Lipinski definition) is 0. The number of rotatable bonds is 8. The minimum atomic E-state index is -4.64. The van der Waals surface area contributed by atoms with Crippen molar-refractivity contribution in [2.75, 3.05) is 0 Å². The molecule has 0 N–H and O–H groups in total. The van der Waals surface area contributed by atoms with Gasteiger partial charge in [-0.1, -0.05) is 56.2 Å². The topological polar surface area (TPSA) is 9.23 Å². The average Bonchev–Trinajstić information content (AvgIpc) is 2.86. The van der Waals surface area contributed by atoms with E-state index in [0.29, 0.717) is 23.6 Å². The van der Waals surface area contributed by atoms with Crippen LogP contribution < -0.4 is 4.74 Å². The Labute approximate surface area is 217 Å². The van der Waals surface area contributed by atoms with Crippen molar-refractivity contribution >= 4 is 0 Å². The highest BCUT2D eigenvalue weighted by Gasteiger charge is 2.33. The van der Waals surface area contributed by atoms with E-state index < -0.39 is 41.5 Å². The van der Waals surface area contributed by atoms with Gasteiger partial charge in [-0.25, -0.2) is 13.2 Å². The van der Waals surface area contributed by atoms with Gasteiger partial charge >= 0.3 is 6.11 Å². The lowest BCUT2D eigenvalue weighted by Gasteiger charge is -2.28. The summed E-state index contributed by atoms with van der Waals surface area (Å²) in [7, 11) is 0. The van der Waals surface area contributed by atoms with Crippen LogP contribution in [0.4, 0.5) is 30.7 Å². The van der Waals surface area contributed by atoms with Crippen molar-refractivity contribution < 1.29 is 35.5 Å². The molecule has 0 atom stereocenters. The first kappa shape index (κ1) is 27.7. The summed E-state index contributed by atoms with van der Waals surface area (Å²) in [5.74, 6) is -4.18. The predicted octanol–water partition coefficient (Wildman–Crippen LogP) is 10.3. The van der Waals surface area contributed by atoms with Gasteiger partial charge in [0.15, 0.2) is 17.4 Å². The van der Waals surface area contributed by atoms with Crippen molar-refractivity contribution in [3.63, 3.8) is 0 Å². The first-order valence-electron chi connectivity index (χ1n) is 12.6. The summed E-state index contributed by atoms with van der Waals surface area (Å²) in [4.78, 5) is 0. The Hall–Kier alpha value is -3.29. The number of hydrogen-bond acceptors (Lipinski definition) is 1. The zero-order chi connectivity index (χ0) is 27.4. The van der Waals surface area contributed by atoms with Crippen molar-refractivity contribution in [1.82, 2.24) is 0 Å². The van der Waals surface area contributed by atoms with E-state index in [2.05, 4.69) is 23.8 Å². The molecular weight excluding hydrogens is 509 g/mol. The highest BCUT2D eigenvalue weighted by Crippen LogP contribution is 2.39. The second kappa shape index (κ2) is 11.6. The highest BCUT2D eigenvalue weighted by molar-refractivity contribution is 5.71. The third-order valence-corrected chi connectivity index (χ3v) is 7.05. The zero-order valence-corrected chi connectivity index (χ0v) is 20.7. The normalized spacial score (nSPS) is 17.8. The van der Waals surface area contributed by atoms with Crippen LogP contribution >= 0.6 is 0 Å². The van der Waals surface area contributed by atoms with Gasteiger partial charge in [0, 0.05) is 5.56 Å². The lowest BCUT2D eigenvalue weighted by atomic mass is 9.77. The summed E-state index contributed by atoms with van der Waals surface area (Å²) in [6, 6.07) is 13.3. The molecule has 38 heavy (non-hydrogen) atoms. The van der Waals surface area contributed by atoms with E-state index in [0.717, 1.165) is 24.3 Å². The van der Waals surface area contributed by atoms with Crippen molar-refractivity contribution in [3.8, 4) is 28.0 Å². The molecule has 8 heteroatoms. The van der Waals surface area contributed by atoms with Gasteiger partial charge < -0.3 is 4.74 Å². The maximum absolute atomic E-state index is 15.0. The first-order chi connectivity index (χ1) is 18.1. The molecule has 1 nitrogen and oxygen atoms in total. The molecule has 1 saturated carbocycles. The van der Waals surface area contributed by atoms with Crippen LogP contribution in [0.25, 0.3) is 22.3 Å². The van der Waals surface area contributed by atoms with Gasteiger partial charge in [0.1, 0.15) is 5.82 Å². The Bertz CT molecular complexity index is 1270. The van der Waals surface area contributed by atoms with E-state index in [4.69, 9.17) is 0 Å². The Morgan fingerprint density at radius 1 is 0.816 bits per heavy atom. The van der Waals surface area contributed by atoms with Gasteiger partial charge in [-0.2, -0.15) is 17.6 Å². The largest absolute Gasteiger partial charge is 0.425 e. The Balaban J connectivity index is 1.51. The summed E-state index contributed by atoms with van der Waals surface area (Å²) in [5, 5.41) is 0. The Morgan fingerprint density at radius 3 is 1.95 bits per heavy atom. The van der Waals surface area contributed by atoms with Crippen molar-refractivity contribution in [3.05, 3.63) is 89.8 Å². The third-order valence-electron chi connectivity index (χ3n) is 7.05. The monoisotopic (exact) mass is 536 g/mol. The first-order valence-corrected chi connectivity index (χ1v) is 12.6. The number of ether oxygens (including phenoxy) is 1. The molecule has 4 rings (SSSR count). The van der Waals surface area contributed by atoms with E-state index in [9.17, 15) is 30.7 Å². The fourth-order valence-electron chi connectivity index (χ4n) is 5.17. The second-order valence-corrected chi connectivity index (χ2v) is 9.69. The maximum Gasteiger partial charge on any atom is 0.425 e. The quantitative estimate of drug-likeness (QED) is 0.260. The van der Waals surface area contributed by atoms with Crippen LogP contribution in [0.3, 0.4) is 0 Å². The van der Waals surface area contributed by atoms with Crippen LogP contribution in [0.15, 0.2) is 66.8 Å². The van der Waals surface area contributed by atoms with Gasteiger partial charge in [-0.05, 0) is 78.0 Å². The smallest absolute Gasteiger partial charge is 0.423 e. The van der Waals surface area contributed by atoms with E-state index in [-0.39, 0.29) is 11.1 Å². The average molecular weight is 537 g/mol. The summed E-state index contributed by atoms with van der Waals surface area (Å²) in [6.45, 7) is 2.21. The third kappa shape index (κ3) is 6.58. The van der Waals surface area contributed by atoms with Crippen molar-refractivity contribution in [1.29, 1.82) is 0 Å². The van der Waals surface area contributed by atoms with E-state index >= 15 is 0 Å². The molecule has 0 unspecified atom stereocenters. The number of halogens is 7. The van der Waals surface area contributed by atoms with Crippen molar-refractivity contribution in [2.45, 2.75) is 57.5 Å². The molecule has 202 valence electrons. The summed E-state index contributed by atoms with van der Waals surface area (Å²) in [6.07, 6.45) is -1.02. The SMILES string of the molecule is CCCC1CCC(c2ccc(-c3ccc(-c4cc(F)c(OC(F)(F)C=C(F)F)c(F)c4)c(F)c3)cc2)CC1. The minimum absolute atomic E-state index is 0.167. The molecule has 0 aromatic heterocycles. The zero-order valence-electron chi connectivity index (χ0n) is 20.7. The molecular formula is C30H27F7O. The van der Waals surface area contributed by atoms with Crippen LogP contribution in [-0.4, -0.2) is 6.11 Å². The van der Waals surface area contributed by atoms with Gasteiger partial charge in [0.2, 0.25) is 0 Å². The molecule has 0 bridgehead atoms.